The number of nitrogens with zero attached hydrogens (tertiary/aromatic N) is 2. The van der Waals surface area contributed by atoms with Gasteiger partial charge in [0.25, 0.3) is 5.91 Å². The quantitative estimate of drug-likeness (QED) is 0.883. The molecule has 20 heavy (non-hydrogen) atoms. The van der Waals surface area contributed by atoms with Crippen LogP contribution in [0.25, 0.3) is 0 Å². The molecule has 5 nitrogen and oxygen atoms in total. The molecule has 0 spiro atoms. The highest BCUT2D eigenvalue weighted by molar-refractivity contribution is 6.39. The second-order valence-electron chi connectivity index (χ2n) is 5.23. The second-order valence-corrected chi connectivity index (χ2v) is 5.23. The van der Waals surface area contributed by atoms with Crippen molar-refractivity contribution in [3.8, 4) is 0 Å². The molecule has 1 aromatic rings. The monoisotopic (exact) mass is 271 g/mol. The molecule has 2 aliphatic rings. The van der Waals surface area contributed by atoms with Crippen molar-refractivity contribution in [1.82, 2.24) is 10.3 Å². The average molecular weight is 271 g/mol. The van der Waals surface area contributed by atoms with Crippen LogP contribution in [0.4, 0.5) is 0 Å². The zero-order chi connectivity index (χ0) is 14.1. The zero-order valence-corrected chi connectivity index (χ0v) is 11.4. The van der Waals surface area contributed by atoms with Gasteiger partial charge in [0.15, 0.2) is 0 Å². The van der Waals surface area contributed by atoms with Crippen molar-refractivity contribution in [2.45, 2.75) is 31.7 Å². The molecule has 0 unspecified atom stereocenters. The number of fused-ring (bicyclic) bond motifs is 1. The predicted molar refractivity (Wildman–Crippen MR) is 75.1 cm³/mol. The maximum atomic E-state index is 12.2. The lowest BCUT2D eigenvalue weighted by molar-refractivity contribution is -0.130. The summed E-state index contributed by atoms with van der Waals surface area (Å²) < 4.78 is 0. The Balaban J connectivity index is 1.72. The van der Waals surface area contributed by atoms with Crippen LogP contribution in [0.15, 0.2) is 29.4 Å². The van der Waals surface area contributed by atoms with E-state index < -0.39 is 0 Å². The van der Waals surface area contributed by atoms with E-state index in [9.17, 15) is 9.59 Å². The number of benzene rings is 1. The minimum atomic E-state index is -0.161. The largest absolute Gasteiger partial charge is 0.344 e. The SMILES string of the molecule is CN1N=C(C(=O)N[C@H]2CCc3ccccc32)CCC1=O. The number of nitrogens with one attached hydrogen (secondary N) is 1. The van der Waals surface area contributed by atoms with Gasteiger partial charge in [-0.3, -0.25) is 9.59 Å². The van der Waals surface area contributed by atoms with Gasteiger partial charge in [0.1, 0.15) is 5.71 Å². The van der Waals surface area contributed by atoms with Crippen LogP contribution < -0.4 is 5.32 Å². The summed E-state index contributed by atoms with van der Waals surface area (Å²) in [6, 6.07) is 8.24. The van der Waals surface area contributed by atoms with Gasteiger partial charge in [0.2, 0.25) is 5.91 Å². The molecule has 0 radical (unpaired) electrons. The first-order chi connectivity index (χ1) is 9.65. The lowest BCUT2D eigenvalue weighted by atomic mass is 10.1. The van der Waals surface area contributed by atoms with Crippen LogP contribution >= 0.6 is 0 Å². The highest BCUT2D eigenvalue weighted by atomic mass is 16.2. The molecule has 2 amide bonds. The Morgan fingerprint density at radius 2 is 2.10 bits per heavy atom. The van der Waals surface area contributed by atoms with Crippen molar-refractivity contribution in [3.63, 3.8) is 0 Å². The third-order valence-corrected chi connectivity index (χ3v) is 3.91. The molecule has 0 saturated carbocycles. The maximum Gasteiger partial charge on any atom is 0.267 e. The Labute approximate surface area is 117 Å². The van der Waals surface area contributed by atoms with E-state index in [0.717, 1.165) is 12.8 Å². The summed E-state index contributed by atoms with van der Waals surface area (Å²) in [6.07, 6.45) is 2.69. The highest BCUT2D eigenvalue weighted by Crippen LogP contribution is 2.30. The molecule has 0 fully saturated rings. The standard InChI is InChI=1S/C15H17N3O2/c1-18-14(19)9-8-13(17-18)15(20)16-12-7-6-10-4-2-3-5-11(10)12/h2-5,12H,6-9H2,1H3,(H,16,20)/t12-/m0/s1. The molecule has 0 aromatic heterocycles. The molecule has 1 aliphatic carbocycles. The van der Waals surface area contributed by atoms with Crippen molar-refractivity contribution in [2.75, 3.05) is 7.05 Å². The molecule has 104 valence electrons. The topological polar surface area (TPSA) is 61.8 Å². The first kappa shape index (κ1) is 12.8. The van der Waals surface area contributed by atoms with Gasteiger partial charge in [-0.05, 0) is 24.0 Å². The second kappa shape index (κ2) is 5.07. The van der Waals surface area contributed by atoms with Gasteiger partial charge >= 0.3 is 0 Å². The van der Waals surface area contributed by atoms with E-state index in [0.29, 0.717) is 18.6 Å². The van der Waals surface area contributed by atoms with Gasteiger partial charge in [-0.2, -0.15) is 5.10 Å². The van der Waals surface area contributed by atoms with Gasteiger partial charge in [-0.15, -0.1) is 0 Å². The number of amides is 2. The fourth-order valence-corrected chi connectivity index (χ4v) is 2.78. The predicted octanol–water partition coefficient (Wildman–Crippen LogP) is 1.40. The molecule has 0 bridgehead atoms. The third kappa shape index (κ3) is 2.31. The summed E-state index contributed by atoms with van der Waals surface area (Å²) in [6.45, 7) is 0. The number of hydrogen-bond donors (Lipinski definition) is 1. The van der Waals surface area contributed by atoms with Crippen LogP contribution in [0.2, 0.25) is 0 Å². The zero-order valence-electron chi connectivity index (χ0n) is 11.4. The Hall–Kier alpha value is -2.17. The molecule has 1 heterocycles. The normalized spacial score (nSPS) is 21.4. The number of carbonyl (C=O) groups excluding carboxylic acids is 2. The number of hydrogen-bond acceptors (Lipinski definition) is 3. The lowest BCUT2D eigenvalue weighted by Crippen LogP contribution is -2.38. The number of hydrazone groups is 1. The van der Waals surface area contributed by atoms with Crippen LogP contribution in [-0.2, 0) is 16.0 Å². The van der Waals surface area contributed by atoms with Crippen LogP contribution in [0, 0.1) is 0 Å². The molecule has 1 aliphatic heterocycles. The molecule has 5 heteroatoms. The minimum Gasteiger partial charge on any atom is -0.344 e. The summed E-state index contributed by atoms with van der Waals surface area (Å²) in [5.41, 5.74) is 2.94. The number of carbonyl (C=O) groups is 2. The molecule has 3 rings (SSSR count). The van der Waals surface area contributed by atoms with E-state index in [4.69, 9.17) is 0 Å². The van der Waals surface area contributed by atoms with Crippen molar-refractivity contribution in [2.24, 2.45) is 5.10 Å². The molecular formula is C15H17N3O2. The van der Waals surface area contributed by atoms with Gasteiger partial charge in [-0.1, -0.05) is 24.3 Å². The lowest BCUT2D eigenvalue weighted by Gasteiger charge is -2.20. The Kier molecular flexibility index (Phi) is 3.26. The summed E-state index contributed by atoms with van der Waals surface area (Å²) in [7, 11) is 1.58. The van der Waals surface area contributed by atoms with E-state index in [1.165, 1.54) is 16.1 Å². The molecular weight excluding hydrogens is 254 g/mol. The Morgan fingerprint density at radius 3 is 2.90 bits per heavy atom. The Bertz CT molecular complexity index is 595. The minimum absolute atomic E-state index is 0.0484. The van der Waals surface area contributed by atoms with Crippen LogP contribution in [0.1, 0.15) is 36.4 Å². The van der Waals surface area contributed by atoms with E-state index in [2.05, 4.69) is 22.6 Å². The summed E-state index contributed by atoms with van der Waals surface area (Å²) in [5, 5.41) is 8.33. The highest BCUT2D eigenvalue weighted by Gasteiger charge is 2.27. The fourth-order valence-electron chi connectivity index (χ4n) is 2.78. The third-order valence-electron chi connectivity index (χ3n) is 3.91. The molecule has 1 atom stereocenters. The number of rotatable bonds is 2. The fraction of sp³-hybridized carbons (Fsp3) is 0.400. The van der Waals surface area contributed by atoms with Crippen molar-refractivity contribution in [1.29, 1.82) is 0 Å². The van der Waals surface area contributed by atoms with E-state index in [1.807, 2.05) is 12.1 Å². The molecule has 1 aromatic carbocycles. The van der Waals surface area contributed by atoms with Gasteiger partial charge in [0.05, 0.1) is 6.04 Å². The number of aryl methyl sites for hydroxylation is 1. The van der Waals surface area contributed by atoms with Gasteiger partial charge in [-0.25, -0.2) is 5.01 Å². The van der Waals surface area contributed by atoms with Crippen molar-refractivity contribution in [3.05, 3.63) is 35.4 Å². The smallest absolute Gasteiger partial charge is 0.267 e. The van der Waals surface area contributed by atoms with E-state index >= 15 is 0 Å². The summed E-state index contributed by atoms with van der Waals surface area (Å²) in [5.74, 6) is -0.209. The molecule has 0 saturated heterocycles. The van der Waals surface area contributed by atoms with Crippen LogP contribution in [-0.4, -0.2) is 29.6 Å². The van der Waals surface area contributed by atoms with Gasteiger partial charge in [0, 0.05) is 19.9 Å². The van der Waals surface area contributed by atoms with Crippen LogP contribution in [0.3, 0.4) is 0 Å². The first-order valence-electron chi connectivity index (χ1n) is 6.88. The van der Waals surface area contributed by atoms with Crippen molar-refractivity contribution >= 4 is 17.5 Å². The summed E-state index contributed by atoms with van der Waals surface area (Å²) >= 11 is 0. The van der Waals surface area contributed by atoms with Gasteiger partial charge < -0.3 is 5.32 Å². The van der Waals surface area contributed by atoms with E-state index in [-0.39, 0.29) is 17.9 Å². The first-order valence-corrected chi connectivity index (χ1v) is 6.88. The molecule has 1 N–H and O–H groups in total. The summed E-state index contributed by atoms with van der Waals surface area (Å²) in [4.78, 5) is 23.6. The van der Waals surface area contributed by atoms with E-state index in [1.54, 1.807) is 7.05 Å². The maximum absolute atomic E-state index is 12.2. The average Bonchev–Trinajstić information content (AvgIpc) is 2.85. The Morgan fingerprint density at radius 1 is 1.30 bits per heavy atom. The van der Waals surface area contributed by atoms with Crippen LogP contribution in [0.5, 0.6) is 0 Å². The van der Waals surface area contributed by atoms with Crippen molar-refractivity contribution < 1.29 is 9.59 Å².